The van der Waals surface area contributed by atoms with Gasteiger partial charge in [0.05, 0.1) is 12.6 Å². The molecule has 0 unspecified atom stereocenters. The summed E-state index contributed by atoms with van der Waals surface area (Å²) in [6.07, 6.45) is 4.00. The van der Waals surface area contributed by atoms with Gasteiger partial charge in [0.2, 0.25) is 0 Å². The SMILES string of the molecule is C=C[C](N)C1CCN(CCOC(c2ccccc2)c2ccccc2)CC1. The molecule has 3 rings (SSSR count). The number of nitrogens with zero attached hydrogens (tertiary/aromatic N) is 1. The van der Waals surface area contributed by atoms with Gasteiger partial charge in [-0.15, -0.1) is 6.58 Å². The standard InChI is InChI=1S/C23H29N2O/c1-2-22(24)19-13-15-25(16-14-19)17-18-26-23(20-9-5-3-6-10-20)21-11-7-4-8-12-21/h2-12,19,23H,1,13-18,24H2. The van der Waals surface area contributed by atoms with E-state index in [4.69, 9.17) is 10.5 Å². The molecule has 1 heterocycles. The molecule has 0 saturated carbocycles. The van der Waals surface area contributed by atoms with Crippen molar-refractivity contribution >= 4 is 0 Å². The highest BCUT2D eigenvalue weighted by Crippen LogP contribution is 2.27. The maximum absolute atomic E-state index is 6.32. The highest BCUT2D eigenvalue weighted by Gasteiger charge is 2.23. The minimum atomic E-state index is -0.0142. The van der Waals surface area contributed by atoms with Crippen molar-refractivity contribution in [1.82, 2.24) is 4.90 Å². The van der Waals surface area contributed by atoms with Gasteiger partial charge in [-0.1, -0.05) is 66.7 Å². The first-order chi connectivity index (χ1) is 12.8. The molecule has 1 radical (unpaired) electrons. The van der Waals surface area contributed by atoms with E-state index in [0.29, 0.717) is 5.92 Å². The second-order valence-corrected chi connectivity index (χ2v) is 6.89. The summed E-state index contributed by atoms with van der Waals surface area (Å²) in [6.45, 7) is 7.61. The molecule has 137 valence electrons. The number of piperidine rings is 1. The van der Waals surface area contributed by atoms with Gasteiger partial charge in [-0.3, -0.25) is 0 Å². The van der Waals surface area contributed by atoms with Crippen molar-refractivity contribution < 1.29 is 4.74 Å². The predicted octanol–water partition coefficient (Wildman–Crippen LogP) is 4.18. The zero-order chi connectivity index (χ0) is 18.2. The van der Waals surface area contributed by atoms with Crippen molar-refractivity contribution in [2.45, 2.75) is 18.9 Å². The molecule has 0 amide bonds. The Morgan fingerprint density at radius 1 is 1.04 bits per heavy atom. The highest BCUT2D eigenvalue weighted by molar-refractivity contribution is 5.29. The Balaban J connectivity index is 1.54. The van der Waals surface area contributed by atoms with Crippen LogP contribution in [-0.4, -0.2) is 31.1 Å². The summed E-state index contributed by atoms with van der Waals surface area (Å²) in [5.41, 5.74) is 8.42. The van der Waals surface area contributed by atoms with Crippen LogP contribution in [0.15, 0.2) is 73.3 Å². The summed E-state index contributed by atoms with van der Waals surface area (Å²) in [5.74, 6) is 0.492. The summed E-state index contributed by atoms with van der Waals surface area (Å²) in [4.78, 5) is 2.47. The van der Waals surface area contributed by atoms with E-state index < -0.39 is 0 Å². The van der Waals surface area contributed by atoms with Gasteiger partial charge in [-0.2, -0.15) is 0 Å². The molecular formula is C23H29N2O. The molecule has 1 fully saturated rings. The lowest BCUT2D eigenvalue weighted by atomic mass is 9.90. The Labute approximate surface area is 157 Å². The molecule has 26 heavy (non-hydrogen) atoms. The number of rotatable bonds is 8. The lowest BCUT2D eigenvalue weighted by molar-refractivity contribution is 0.0522. The highest BCUT2D eigenvalue weighted by atomic mass is 16.5. The van der Waals surface area contributed by atoms with Crippen molar-refractivity contribution in [3.8, 4) is 0 Å². The fourth-order valence-corrected chi connectivity index (χ4v) is 3.60. The molecule has 2 N–H and O–H groups in total. The van der Waals surface area contributed by atoms with Crippen molar-refractivity contribution in [2.24, 2.45) is 11.7 Å². The summed E-state index contributed by atoms with van der Waals surface area (Å²) in [7, 11) is 0. The largest absolute Gasteiger partial charge is 0.367 e. The zero-order valence-corrected chi connectivity index (χ0v) is 15.4. The molecule has 3 heteroatoms. The van der Waals surface area contributed by atoms with Crippen LogP contribution in [0.25, 0.3) is 0 Å². The molecule has 1 aliphatic rings. The second-order valence-electron chi connectivity index (χ2n) is 6.89. The molecule has 0 spiro atoms. The Bertz CT molecular complexity index is 611. The van der Waals surface area contributed by atoms with Gasteiger partial charge in [-0.25, -0.2) is 0 Å². The number of nitrogens with two attached hydrogens (primary N) is 1. The van der Waals surface area contributed by atoms with Crippen molar-refractivity contribution in [1.29, 1.82) is 0 Å². The van der Waals surface area contributed by atoms with Crippen LogP contribution in [0.4, 0.5) is 0 Å². The van der Waals surface area contributed by atoms with E-state index in [1.54, 1.807) is 6.08 Å². The summed E-state index contributed by atoms with van der Waals surface area (Å²) in [5, 5.41) is 0. The lowest BCUT2D eigenvalue weighted by Crippen LogP contribution is -2.38. The fourth-order valence-electron chi connectivity index (χ4n) is 3.60. The number of benzene rings is 2. The summed E-state index contributed by atoms with van der Waals surface area (Å²) >= 11 is 0. The lowest BCUT2D eigenvalue weighted by Gasteiger charge is -2.33. The monoisotopic (exact) mass is 349 g/mol. The number of hydrogen-bond acceptors (Lipinski definition) is 3. The van der Waals surface area contributed by atoms with E-state index >= 15 is 0 Å². The molecule has 3 nitrogen and oxygen atoms in total. The van der Waals surface area contributed by atoms with Crippen LogP contribution in [0.5, 0.6) is 0 Å². The van der Waals surface area contributed by atoms with E-state index in [-0.39, 0.29) is 6.10 Å². The molecule has 0 atom stereocenters. The van der Waals surface area contributed by atoms with Crippen molar-refractivity contribution in [2.75, 3.05) is 26.2 Å². The van der Waals surface area contributed by atoms with E-state index in [1.807, 2.05) is 12.1 Å². The Morgan fingerprint density at radius 3 is 2.08 bits per heavy atom. The smallest absolute Gasteiger partial charge is 0.108 e. The van der Waals surface area contributed by atoms with Crippen molar-refractivity contribution in [3.05, 3.63) is 90.5 Å². The predicted molar refractivity (Wildman–Crippen MR) is 107 cm³/mol. The molecule has 2 aromatic carbocycles. The Morgan fingerprint density at radius 2 is 1.58 bits per heavy atom. The van der Waals surface area contributed by atoms with Gasteiger partial charge >= 0.3 is 0 Å². The van der Waals surface area contributed by atoms with E-state index in [2.05, 4.69) is 60.0 Å². The quantitative estimate of drug-likeness (QED) is 0.777. The summed E-state index contributed by atoms with van der Waals surface area (Å²) in [6, 6.07) is 21.8. The zero-order valence-electron chi connectivity index (χ0n) is 15.4. The number of hydrogen-bond donors (Lipinski definition) is 1. The van der Waals surface area contributed by atoms with Crippen LogP contribution in [0, 0.1) is 12.0 Å². The molecule has 0 bridgehead atoms. The van der Waals surface area contributed by atoms with Crippen LogP contribution in [-0.2, 0) is 4.74 Å². The Kier molecular flexibility index (Phi) is 7.01. The summed E-state index contributed by atoms with van der Waals surface area (Å²) < 4.78 is 6.32. The first-order valence-electron chi connectivity index (χ1n) is 9.46. The third-order valence-corrected chi connectivity index (χ3v) is 5.19. The number of likely N-dealkylation sites (tertiary alicyclic amines) is 1. The third kappa shape index (κ3) is 5.04. The first-order valence-corrected chi connectivity index (χ1v) is 9.46. The molecular weight excluding hydrogens is 320 g/mol. The minimum Gasteiger partial charge on any atom is -0.367 e. The molecule has 1 aliphatic heterocycles. The minimum absolute atomic E-state index is 0.0142. The van der Waals surface area contributed by atoms with Crippen LogP contribution < -0.4 is 5.73 Å². The van der Waals surface area contributed by atoms with Crippen LogP contribution in [0.2, 0.25) is 0 Å². The van der Waals surface area contributed by atoms with Crippen LogP contribution >= 0.6 is 0 Å². The maximum Gasteiger partial charge on any atom is 0.108 e. The molecule has 1 saturated heterocycles. The average Bonchev–Trinajstić information content (AvgIpc) is 2.72. The normalized spacial score (nSPS) is 16.3. The first kappa shape index (κ1) is 18.8. The van der Waals surface area contributed by atoms with E-state index in [1.165, 1.54) is 11.1 Å². The third-order valence-electron chi connectivity index (χ3n) is 5.19. The molecule has 2 aromatic rings. The van der Waals surface area contributed by atoms with Crippen LogP contribution in [0.3, 0.4) is 0 Å². The average molecular weight is 349 g/mol. The van der Waals surface area contributed by atoms with E-state index in [0.717, 1.165) is 45.1 Å². The van der Waals surface area contributed by atoms with Gasteiger partial charge in [0.15, 0.2) is 0 Å². The second kappa shape index (κ2) is 9.67. The molecule has 0 aliphatic carbocycles. The topological polar surface area (TPSA) is 38.5 Å². The van der Waals surface area contributed by atoms with Crippen LogP contribution in [0.1, 0.15) is 30.1 Å². The van der Waals surface area contributed by atoms with Gasteiger partial charge in [-0.05, 0) is 43.0 Å². The van der Waals surface area contributed by atoms with Gasteiger partial charge in [0.1, 0.15) is 6.10 Å². The molecule has 0 aromatic heterocycles. The van der Waals surface area contributed by atoms with Gasteiger partial charge in [0.25, 0.3) is 0 Å². The Hall–Kier alpha value is -1.94. The fraction of sp³-hybridized carbons (Fsp3) is 0.348. The van der Waals surface area contributed by atoms with Gasteiger partial charge < -0.3 is 15.4 Å². The number of ether oxygens (including phenoxy) is 1. The maximum atomic E-state index is 6.32. The van der Waals surface area contributed by atoms with Gasteiger partial charge in [0, 0.05) is 6.54 Å². The van der Waals surface area contributed by atoms with E-state index in [9.17, 15) is 0 Å². The van der Waals surface area contributed by atoms with Crippen molar-refractivity contribution in [3.63, 3.8) is 0 Å².